The summed E-state index contributed by atoms with van der Waals surface area (Å²) in [4.78, 5) is 14.2. The van der Waals surface area contributed by atoms with Crippen LogP contribution in [0, 0.1) is 17.5 Å². The average molecular weight is 349 g/mol. The molecule has 6 nitrogen and oxygen atoms in total. The van der Waals surface area contributed by atoms with Crippen molar-refractivity contribution in [3.05, 3.63) is 29.1 Å². The molecular formula is C13H14F3N3O3S. The molecule has 0 saturated carbocycles. The Hall–Kier alpha value is -2.10. The lowest BCUT2D eigenvalue weighted by Gasteiger charge is -2.32. The van der Waals surface area contributed by atoms with Gasteiger partial charge in [-0.15, -0.1) is 0 Å². The highest BCUT2D eigenvalue weighted by molar-refractivity contribution is 7.93. The second-order valence-electron chi connectivity index (χ2n) is 5.53. The van der Waals surface area contributed by atoms with E-state index in [4.69, 9.17) is 5.73 Å². The summed E-state index contributed by atoms with van der Waals surface area (Å²) in [7, 11) is -3.88. The van der Waals surface area contributed by atoms with Gasteiger partial charge in [-0.25, -0.2) is 21.6 Å². The number of hydrogen-bond acceptors (Lipinski definition) is 5. The number of sulfone groups is 1. The Labute approximate surface area is 130 Å². The van der Waals surface area contributed by atoms with E-state index in [1.165, 1.54) is 13.8 Å². The number of carbonyl (C=O) groups excluding carboxylic acids is 1. The fourth-order valence-corrected chi connectivity index (χ4v) is 3.61. The van der Waals surface area contributed by atoms with Gasteiger partial charge in [-0.1, -0.05) is 0 Å². The van der Waals surface area contributed by atoms with E-state index >= 15 is 0 Å². The van der Waals surface area contributed by atoms with Crippen LogP contribution in [-0.2, 0) is 14.6 Å². The third-order valence-corrected chi connectivity index (χ3v) is 6.32. The van der Waals surface area contributed by atoms with E-state index < -0.39 is 55.1 Å². The number of benzene rings is 1. The zero-order valence-corrected chi connectivity index (χ0v) is 13.0. The Balaban J connectivity index is 2.68. The molecule has 1 aromatic rings. The van der Waals surface area contributed by atoms with E-state index in [2.05, 4.69) is 4.99 Å². The van der Waals surface area contributed by atoms with Gasteiger partial charge in [0.25, 0.3) is 0 Å². The molecule has 1 aliphatic heterocycles. The van der Waals surface area contributed by atoms with Crippen LogP contribution in [0.15, 0.2) is 11.1 Å². The topological polar surface area (TPSA) is 102 Å². The number of nitrogens with one attached hydrogen (secondary N) is 1. The van der Waals surface area contributed by atoms with Gasteiger partial charge in [0.1, 0.15) is 10.6 Å². The third kappa shape index (κ3) is 2.67. The first-order chi connectivity index (χ1) is 10.5. The van der Waals surface area contributed by atoms with Gasteiger partial charge < -0.3 is 11.1 Å². The van der Waals surface area contributed by atoms with E-state index in [0.29, 0.717) is 6.07 Å². The monoisotopic (exact) mass is 349 g/mol. The number of carbonyl (C=O) groups is 1. The quantitative estimate of drug-likeness (QED) is 0.634. The van der Waals surface area contributed by atoms with E-state index in [-0.39, 0.29) is 12.2 Å². The van der Waals surface area contributed by atoms with Crippen molar-refractivity contribution >= 4 is 27.8 Å². The lowest BCUT2D eigenvalue weighted by molar-refractivity contribution is -0.105. The fraction of sp³-hybridized carbons (Fsp3) is 0.385. The summed E-state index contributed by atoms with van der Waals surface area (Å²) in [5.74, 6) is -5.38. The van der Waals surface area contributed by atoms with Crippen LogP contribution < -0.4 is 11.1 Å². The first-order valence-electron chi connectivity index (χ1n) is 6.46. The summed E-state index contributed by atoms with van der Waals surface area (Å²) in [5, 5.41) is 1.88. The van der Waals surface area contributed by atoms with Crippen LogP contribution in [0.4, 0.5) is 18.9 Å². The zero-order valence-electron chi connectivity index (χ0n) is 12.2. The van der Waals surface area contributed by atoms with Crippen LogP contribution >= 0.6 is 0 Å². The minimum absolute atomic E-state index is 0.0812. The molecule has 1 heterocycles. The number of halogens is 3. The summed E-state index contributed by atoms with van der Waals surface area (Å²) in [6.45, 7) is 2.63. The normalized spacial score (nSPS) is 22.3. The molecule has 0 spiro atoms. The predicted molar refractivity (Wildman–Crippen MR) is 78.2 cm³/mol. The largest absolute Gasteiger partial charge is 0.386 e. The number of rotatable bonds is 3. The summed E-state index contributed by atoms with van der Waals surface area (Å²) >= 11 is 0. The average Bonchev–Trinajstić information content (AvgIpc) is 2.43. The van der Waals surface area contributed by atoms with Gasteiger partial charge in [0.2, 0.25) is 6.41 Å². The molecule has 0 aliphatic carbocycles. The maximum atomic E-state index is 14.3. The molecule has 3 N–H and O–H groups in total. The maximum Gasteiger partial charge on any atom is 0.211 e. The lowest BCUT2D eigenvalue weighted by atomic mass is 10.0. The number of anilines is 1. The van der Waals surface area contributed by atoms with Gasteiger partial charge in [0.05, 0.1) is 23.0 Å². The molecule has 10 heteroatoms. The summed E-state index contributed by atoms with van der Waals surface area (Å²) < 4.78 is 64.9. The van der Waals surface area contributed by atoms with Gasteiger partial charge >= 0.3 is 0 Å². The minimum atomic E-state index is -3.88. The van der Waals surface area contributed by atoms with Crippen molar-refractivity contribution in [3.8, 4) is 0 Å². The Morgan fingerprint density at radius 1 is 1.35 bits per heavy atom. The Morgan fingerprint density at radius 3 is 2.48 bits per heavy atom. The summed E-state index contributed by atoms with van der Waals surface area (Å²) in [6, 6.07) is -1.09. The number of aliphatic imine (C=N–C) groups is 1. The Bertz CT molecular complexity index is 806. The molecular weight excluding hydrogens is 335 g/mol. The molecule has 0 radical (unpaired) electrons. The highest BCUT2D eigenvalue weighted by Gasteiger charge is 2.45. The summed E-state index contributed by atoms with van der Waals surface area (Å²) in [6.07, 6.45) is 0.0812. The molecule has 23 heavy (non-hydrogen) atoms. The van der Waals surface area contributed by atoms with Crippen molar-refractivity contribution in [2.45, 2.75) is 24.6 Å². The molecule has 1 aromatic carbocycles. The highest BCUT2D eigenvalue weighted by atomic mass is 32.2. The number of nitrogens with zero attached hydrogens (tertiary/aromatic N) is 1. The molecule has 1 atom stereocenters. The lowest BCUT2D eigenvalue weighted by Crippen LogP contribution is -2.50. The third-order valence-electron chi connectivity index (χ3n) is 3.80. The molecule has 126 valence electrons. The molecule has 1 aliphatic rings. The SMILES string of the molecule is CC1(C)C(N)=NC(c2c(F)c(F)cc(NC=O)c2F)CS1(=O)=O. The van der Waals surface area contributed by atoms with Crippen LogP contribution in [0.3, 0.4) is 0 Å². The van der Waals surface area contributed by atoms with Gasteiger partial charge in [0, 0.05) is 6.07 Å². The fourth-order valence-electron chi connectivity index (χ4n) is 2.17. The number of hydrogen-bond donors (Lipinski definition) is 2. The van der Waals surface area contributed by atoms with E-state index in [9.17, 15) is 26.4 Å². The van der Waals surface area contributed by atoms with E-state index in [0.717, 1.165) is 0 Å². The van der Waals surface area contributed by atoms with Crippen LogP contribution in [0.5, 0.6) is 0 Å². The highest BCUT2D eigenvalue weighted by Crippen LogP contribution is 2.36. The minimum Gasteiger partial charge on any atom is -0.386 e. The van der Waals surface area contributed by atoms with Gasteiger partial charge in [0.15, 0.2) is 27.3 Å². The number of amides is 1. The van der Waals surface area contributed by atoms with Gasteiger partial charge in [-0.3, -0.25) is 9.79 Å². The predicted octanol–water partition coefficient (Wildman–Crippen LogP) is 1.28. The van der Waals surface area contributed by atoms with Crippen molar-refractivity contribution in [1.29, 1.82) is 0 Å². The second-order valence-corrected chi connectivity index (χ2v) is 8.12. The van der Waals surface area contributed by atoms with Crippen LogP contribution in [-0.4, -0.2) is 31.2 Å². The van der Waals surface area contributed by atoms with Gasteiger partial charge in [-0.2, -0.15) is 0 Å². The molecule has 0 fully saturated rings. The second kappa shape index (κ2) is 5.52. The van der Waals surface area contributed by atoms with Crippen molar-refractivity contribution in [1.82, 2.24) is 0 Å². The smallest absolute Gasteiger partial charge is 0.211 e. The first-order valence-corrected chi connectivity index (χ1v) is 8.11. The van der Waals surface area contributed by atoms with E-state index in [1.54, 1.807) is 0 Å². The molecule has 0 bridgehead atoms. The standard InChI is InChI=1S/C13H14F3N3O3S/c1-13(2)12(17)19-8(4-23(13,21)22)9-10(15)6(14)3-7(11(9)16)18-5-20/h3,5,8H,4H2,1-2H3,(H2,17,19)(H,18,20). The van der Waals surface area contributed by atoms with Crippen LogP contribution in [0.2, 0.25) is 0 Å². The van der Waals surface area contributed by atoms with E-state index in [1.807, 2.05) is 5.32 Å². The molecule has 0 saturated heterocycles. The Kier molecular flexibility index (Phi) is 4.14. The van der Waals surface area contributed by atoms with Crippen molar-refractivity contribution < 1.29 is 26.4 Å². The molecule has 2 rings (SSSR count). The van der Waals surface area contributed by atoms with Crippen molar-refractivity contribution in [2.75, 3.05) is 11.1 Å². The van der Waals surface area contributed by atoms with Gasteiger partial charge in [-0.05, 0) is 13.8 Å². The Morgan fingerprint density at radius 2 is 1.96 bits per heavy atom. The zero-order chi connectivity index (χ0) is 17.6. The number of amidine groups is 1. The molecule has 1 unspecified atom stereocenters. The number of nitrogens with two attached hydrogens (primary N) is 1. The van der Waals surface area contributed by atoms with Crippen LogP contribution in [0.25, 0.3) is 0 Å². The molecule has 1 amide bonds. The maximum absolute atomic E-state index is 14.3. The van der Waals surface area contributed by atoms with Crippen molar-refractivity contribution in [2.24, 2.45) is 10.7 Å². The van der Waals surface area contributed by atoms with Crippen molar-refractivity contribution in [3.63, 3.8) is 0 Å². The van der Waals surface area contributed by atoms with Crippen LogP contribution in [0.1, 0.15) is 25.5 Å². The summed E-state index contributed by atoms with van der Waals surface area (Å²) in [5.41, 5.74) is 4.10. The first kappa shape index (κ1) is 17.3. The molecule has 0 aromatic heterocycles.